The summed E-state index contributed by atoms with van der Waals surface area (Å²) in [4.78, 5) is 21.1. The van der Waals surface area contributed by atoms with Gasteiger partial charge < -0.3 is 10.6 Å². The summed E-state index contributed by atoms with van der Waals surface area (Å²) in [6, 6.07) is 0. The summed E-state index contributed by atoms with van der Waals surface area (Å²) >= 11 is 1.60. The van der Waals surface area contributed by atoms with E-state index in [-0.39, 0.29) is 11.8 Å². The van der Waals surface area contributed by atoms with Gasteiger partial charge in [0.15, 0.2) is 0 Å². The number of nitrogens with one attached hydrogen (secondary N) is 2. The van der Waals surface area contributed by atoms with E-state index in [9.17, 15) is 4.79 Å². The van der Waals surface area contributed by atoms with E-state index in [1.165, 1.54) is 0 Å². The largest absolute Gasteiger partial charge is 0.369 e. The van der Waals surface area contributed by atoms with Gasteiger partial charge in [-0.1, -0.05) is 13.8 Å². The Morgan fingerprint density at radius 3 is 2.83 bits per heavy atom. The summed E-state index contributed by atoms with van der Waals surface area (Å²) in [6.07, 6.45) is 1.53. The number of amides is 1. The van der Waals surface area contributed by atoms with Gasteiger partial charge in [0, 0.05) is 31.0 Å². The lowest BCUT2D eigenvalue weighted by Crippen LogP contribution is -2.34. The first-order valence-electron chi connectivity index (χ1n) is 7.76. The summed E-state index contributed by atoms with van der Waals surface area (Å²) < 4.78 is 0. The van der Waals surface area contributed by atoms with E-state index in [0.29, 0.717) is 24.6 Å². The lowest BCUT2D eigenvalue weighted by Gasteiger charge is -2.20. The molecule has 0 aromatic carbocycles. The number of fused-ring (bicyclic) bond motifs is 1. The lowest BCUT2D eigenvalue weighted by atomic mass is 10.1. The Morgan fingerprint density at radius 2 is 2.13 bits per heavy atom. The first-order valence-corrected chi connectivity index (χ1v) is 8.58. The van der Waals surface area contributed by atoms with Gasteiger partial charge in [-0.05, 0) is 13.3 Å². The van der Waals surface area contributed by atoms with Crippen molar-refractivity contribution < 1.29 is 4.79 Å². The maximum atomic E-state index is 12.1. The van der Waals surface area contributed by atoms with Crippen molar-refractivity contribution in [3.8, 4) is 0 Å². The second kappa shape index (κ2) is 6.57. The third-order valence-corrected chi connectivity index (χ3v) is 4.51. The maximum absolute atomic E-state index is 12.1. The normalized spacial score (nSPS) is 13.8. The van der Waals surface area contributed by atoms with Crippen LogP contribution in [0.5, 0.6) is 0 Å². The Morgan fingerprint density at radius 1 is 1.30 bits per heavy atom. The van der Waals surface area contributed by atoms with E-state index in [4.69, 9.17) is 0 Å². The highest BCUT2D eigenvalue weighted by Crippen LogP contribution is 2.23. The molecule has 2 aromatic heterocycles. The summed E-state index contributed by atoms with van der Waals surface area (Å²) in [5, 5.41) is 16.3. The fourth-order valence-electron chi connectivity index (χ4n) is 2.44. The molecule has 0 fully saturated rings. The molecule has 8 heteroatoms. The van der Waals surface area contributed by atoms with Crippen LogP contribution in [0.4, 0.5) is 5.82 Å². The van der Waals surface area contributed by atoms with Crippen LogP contribution < -0.4 is 10.6 Å². The second-order valence-corrected chi connectivity index (χ2v) is 7.08. The van der Waals surface area contributed by atoms with Gasteiger partial charge in [-0.2, -0.15) is 0 Å². The summed E-state index contributed by atoms with van der Waals surface area (Å²) in [6.45, 7) is 7.33. The molecule has 0 atom stereocenters. The number of nitrogens with zero attached hydrogens (tertiary/aromatic N) is 4. The van der Waals surface area contributed by atoms with E-state index in [2.05, 4.69) is 30.8 Å². The van der Waals surface area contributed by atoms with Crippen molar-refractivity contribution in [3.63, 3.8) is 0 Å². The van der Waals surface area contributed by atoms with Crippen LogP contribution in [0.25, 0.3) is 0 Å². The summed E-state index contributed by atoms with van der Waals surface area (Å²) in [7, 11) is 0. The standard InChI is InChI=1S/C15H20N6OS/c1-8(2)13-18-12-10(4-6-17-15(12)22)14(19-13)16-7-5-11-21-20-9(3)23-11/h8H,4-7H2,1-3H3,(H,17,22)(H,16,18,19). The third-order valence-electron chi connectivity index (χ3n) is 3.62. The average molecular weight is 332 g/mol. The van der Waals surface area contributed by atoms with E-state index < -0.39 is 0 Å². The van der Waals surface area contributed by atoms with E-state index in [1.54, 1.807) is 11.3 Å². The van der Waals surface area contributed by atoms with Gasteiger partial charge in [-0.15, -0.1) is 21.5 Å². The highest BCUT2D eigenvalue weighted by Gasteiger charge is 2.24. The Kier molecular flexibility index (Phi) is 4.51. The van der Waals surface area contributed by atoms with Crippen LogP contribution in [0, 0.1) is 6.92 Å². The Bertz CT molecular complexity index is 727. The van der Waals surface area contributed by atoms with Crippen LogP contribution in [-0.2, 0) is 12.8 Å². The maximum Gasteiger partial charge on any atom is 0.270 e. The molecule has 0 saturated heterocycles. The smallest absolute Gasteiger partial charge is 0.270 e. The summed E-state index contributed by atoms with van der Waals surface area (Å²) in [5.41, 5.74) is 1.41. The van der Waals surface area contributed by atoms with Crippen LogP contribution in [0.1, 0.15) is 51.7 Å². The SMILES string of the molecule is Cc1nnc(CCNc2nc(C(C)C)nc3c2CCNC3=O)s1. The van der Waals surface area contributed by atoms with Crippen molar-refractivity contribution in [2.24, 2.45) is 0 Å². The molecule has 3 heterocycles. The highest BCUT2D eigenvalue weighted by molar-refractivity contribution is 7.11. The topological polar surface area (TPSA) is 92.7 Å². The number of rotatable bonds is 5. The van der Waals surface area contributed by atoms with Crippen molar-refractivity contribution in [2.75, 3.05) is 18.4 Å². The fraction of sp³-hybridized carbons (Fsp3) is 0.533. The molecule has 122 valence electrons. The van der Waals surface area contributed by atoms with Crippen molar-refractivity contribution >= 4 is 23.1 Å². The van der Waals surface area contributed by atoms with Crippen LogP contribution in [0.15, 0.2) is 0 Å². The predicted octanol–water partition coefficient (Wildman–Crippen LogP) is 1.70. The number of carbonyl (C=O) groups is 1. The minimum Gasteiger partial charge on any atom is -0.369 e. The number of hydrogen-bond acceptors (Lipinski definition) is 7. The predicted molar refractivity (Wildman–Crippen MR) is 89.0 cm³/mol. The molecule has 0 saturated carbocycles. The van der Waals surface area contributed by atoms with Crippen LogP contribution in [0.2, 0.25) is 0 Å². The Labute approximate surface area is 139 Å². The average Bonchev–Trinajstić information content (AvgIpc) is 2.93. The van der Waals surface area contributed by atoms with Crippen molar-refractivity contribution in [2.45, 2.75) is 39.5 Å². The Balaban J connectivity index is 1.80. The fourth-order valence-corrected chi connectivity index (χ4v) is 3.15. The zero-order valence-corrected chi connectivity index (χ0v) is 14.3. The molecule has 0 aliphatic carbocycles. The van der Waals surface area contributed by atoms with Gasteiger partial charge in [0.2, 0.25) is 0 Å². The first kappa shape index (κ1) is 15.8. The summed E-state index contributed by atoms with van der Waals surface area (Å²) in [5.74, 6) is 1.52. The molecule has 2 aromatic rings. The zero-order chi connectivity index (χ0) is 16.4. The number of aryl methyl sites for hydroxylation is 1. The first-order chi connectivity index (χ1) is 11.0. The number of hydrogen-bond donors (Lipinski definition) is 2. The molecule has 2 N–H and O–H groups in total. The van der Waals surface area contributed by atoms with Gasteiger partial charge in [-0.3, -0.25) is 4.79 Å². The van der Waals surface area contributed by atoms with Crippen LogP contribution in [0.3, 0.4) is 0 Å². The second-order valence-electron chi connectivity index (χ2n) is 5.81. The highest BCUT2D eigenvalue weighted by atomic mass is 32.1. The molecule has 3 rings (SSSR count). The molecule has 0 radical (unpaired) electrons. The third kappa shape index (κ3) is 3.47. The lowest BCUT2D eigenvalue weighted by molar-refractivity contribution is 0.0940. The minimum absolute atomic E-state index is 0.113. The number of anilines is 1. The Hall–Kier alpha value is -2.09. The van der Waals surface area contributed by atoms with Gasteiger partial charge in [0.1, 0.15) is 27.4 Å². The molecule has 0 unspecified atom stereocenters. The van der Waals surface area contributed by atoms with Crippen molar-refractivity contribution in [1.82, 2.24) is 25.5 Å². The van der Waals surface area contributed by atoms with E-state index >= 15 is 0 Å². The molecule has 1 amide bonds. The molecule has 1 aliphatic rings. The van der Waals surface area contributed by atoms with E-state index in [0.717, 1.165) is 34.2 Å². The monoisotopic (exact) mass is 332 g/mol. The van der Waals surface area contributed by atoms with Crippen LogP contribution in [-0.4, -0.2) is 39.2 Å². The van der Waals surface area contributed by atoms with E-state index in [1.807, 2.05) is 20.8 Å². The number of aromatic nitrogens is 4. The molecular formula is C15H20N6OS. The molecular weight excluding hydrogens is 312 g/mol. The molecule has 1 aliphatic heterocycles. The molecule has 7 nitrogen and oxygen atoms in total. The van der Waals surface area contributed by atoms with Gasteiger partial charge in [0.25, 0.3) is 5.91 Å². The van der Waals surface area contributed by atoms with Crippen molar-refractivity contribution in [3.05, 3.63) is 27.1 Å². The van der Waals surface area contributed by atoms with Crippen molar-refractivity contribution in [1.29, 1.82) is 0 Å². The molecule has 0 bridgehead atoms. The molecule has 23 heavy (non-hydrogen) atoms. The van der Waals surface area contributed by atoms with Gasteiger partial charge >= 0.3 is 0 Å². The quantitative estimate of drug-likeness (QED) is 0.866. The van der Waals surface area contributed by atoms with Gasteiger partial charge in [0.05, 0.1) is 0 Å². The van der Waals surface area contributed by atoms with Crippen LogP contribution >= 0.6 is 11.3 Å². The minimum atomic E-state index is -0.113. The van der Waals surface area contributed by atoms with Gasteiger partial charge in [-0.25, -0.2) is 9.97 Å². The number of carbonyl (C=O) groups excluding carboxylic acids is 1. The zero-order valence-electron chi connectivity index (χ0n) is 13.5. The molecule has 0 spiro atoms.